The molecule has 0 aliphatic carbocycles. The summed E-state index contributed by atoms with van der Waals surface area (Å²) in [7, 11) is 0. The van der Waals surface area contributed by atoms with Gasteiger partial charge < -0.3 is 20.8 Å². The Morgan fingerprint density at radius 2 is 2.33 bits per heavy atom. The highest BCUT2D eigenvalue weighted by Gasteiger charge is 2.27. The van der Waals surface area contributed by atoms with Crippen LogP contribution >= 0.6 is 0 Å². The maximum Gasteiger partial charge on any atom is 0.198 e. The van der Waals surface area contributed by atoms with Gasteiger partial charge in [-0.05, 0) is 25.1 Å². The topological polar surface area (TPSA) is 111 Å². The highest BCUT2D eigenvalue weighted by atomic mass is 16.5. The lowest BCUT2D eigenvalue weighted by Crippen LogP contribution is -2.43. The third-order valence-electron chi connectivity index (χ3n) is 4.12. The van der Waals surface area contributed by atoms with E-state index >= 15 is 0 Å². The van der Waals surface area contributed by atoms with E-state index in [9.17, 15) is 4.79 Å². The van der Waals surface area contributed by atoms with Crippen molar-refractivity contribution in [3.63, 3.8) is 0 Å². The van der Waals surface area contributed by atoms with Gasteiger partial charge in [0.1, 0.15) is 17.7 Å². The Bertz CT molecular complexity index is 907. The zero-order valence-corrected chi connectivity index (χ0v) is 13.2. The van der Waals surface area contributed by atoms with Crippen LogP contribution in [-0.4, -0.2) is 51.3 Å². The number of hydrogen-bond donors (Lipinski definition) is 3. The lowest BCUT2D eigenvalue weighted by atomic mass is 10.1. The number of aromatic nitrogens is 4. The van der Waals surface area contributed by atoms with Crippen molar-refractivity contribution < 1.29 is 9.53 Å². The number of nitrogens with one attached hydrogen (secondary N) is 2. The van der Waals surface area contributed by atoms with Gasteiger partial charge in [0.25, 0.3) is 0 Å². The van der Waals surface area contributed by atoms with Crippen molar-refractivity contribution >= 4 is 22.6 Å². The van der Waals surface area contributed by atoms with Crippen molar-refractivity contribution in [1.29, 1.82) is 0 Å². The summed E-state index contributed by atoms with van der Waals surface area (Å²) >= 11 is 0. The Hall–Kier alpha value is -2.71. The van der Waals surface area contributed by atoms with Gasteiger partial charge in [0.15, 0.2) is 5.78 Å². The fourth-order valence-corrected chi connectivity index (χ4v) is 2.92. The first-order valence-corrected chi connectivity index (χ1v) is 7.80. The number of fused-ring (bicyclic) bond motifs is 1. The summed E-state index contributed by atoms with van der Waals surface area (Å²) in [5, 5.41) is 7.42. The van der Waals surface area contributed by atoms with Crippen LogP contribution in [0.25, 0.3) is 16.7 Å². The Labute approximate surface area is 138 Å². The summed E-state index contributed by atoms with van der Waals surface area (Å²) in [6.45, 7) is 3.65. The lowest BCUT2D eigenvalue weighted by molar-refractivity contribution is 0.0270. The Kier molecular flexibility index (Phi) is 3.55. The highest BCUT2D eigenvalue weighted by Crippen LogP contribution is 2.22. The molecule has 0 saturated carbocycles. The fraction of sp³-hybridized carbons (Fsp3) is 0.312. The average Bonchev–Trinajstić information content (AvgIpc) is 3.16. The van der Waals surface area contributed by atoms with E-state index in [0.717, 1.165) is 29.1 Å². The largest absolute Gasteiger partial charge is 0.383 e. The second-order valence-electron chi connectivity index (χ2n) is 5.81. The third-order valence-corrected chi connectivity index (χ3v) is 4.12. The molecule has 1 aliphatic rings. The van der Waals surface area contributed by atoms with Crippen molar-refractivity contribution in [1.82, 2.24) is 25.1 Å². The van der Waals surface area contributed by atoms with Gasteiger partial charge in [0.2, 0.25) is 0 Å². The number of anilines is 1. The molecule has 0 radical (unpaired) electrons. The van der Waals surface area contributed by atoms with Crippen LogP contribution in [0.5, 0.6) is 0 Å². The van der Waals surface area contributed by atoms with E-state index in [4.69, 9.17) is 10.5 Å². The lowest BCUT2D eigenvalue weighted by Gasteiger charge is -2.22. The van der Waals surface area contributed by atoms with Gasteiger partial charge >= 0.3 is 0 Å². The molecule has 2 aromatic heterocycles. The minimum Gasteiger partial charge on any atom is -0.383 e. The number of carbonyl (C=O) groups is 1. The van der Waals surface area contributed by atoms with Gasteiger partial charge in [-0.2, -0.15) is 5.10 Å². The summed E-state index contributed by atoms with van der Waals surface area (Å²) in [6, 6.07) is 5.68. The number of Topliss-reactive ketones (excluding diaryl/α,β-unsaturated/α-hetero) is 1. The molecular formula is C16H18N6O2. The minimum atomic E-state index is -0.517. The van der Waals surface area contributed by atoms with Crippen molar-refractivity contribution in [3.05, 3.63) is 35.8 Å². The first-order valence-electron chi connectivity index (χ1n) is 7.80. The van der Waals surface area contributed by atoms with Crippen LogP contribution in [0, 0.1) is 6.92 Å². The van der Waals surface area contributed by atoms with Gasteiger partial charge in [-0.25, -0.2) is 9.67 Å². The molecule has 1 aliphatic heterocycles. The van der Waals surface area contributed by atoms with E-state index in [0.29, 0.717) is 24.5 Å². The zero-order valence-electron chi connectivity index (χ0n) is 13.2. The molecule has 1 atom stereocenters. The SMILES string of the molecule is Cc1nc2ccc(-n3ncc(C(=O)C4CNCCO4)c3N)cc2[nH]1. The molecule has 8 nitrogen and oxygen atoms in total. The number of hydrogen-bond acceptors (Lipinski definition) is 6. The Morgan fingerprint density at radius 3 is 3.12 bits per heavy atom. The molecule has 3 heterocycles. The molecule has 1 saturated heterocycles. The van der Waals surface area contributed by atoms with Crippen molar-refractivity contribution in [3.8, 4) is 5.69 Å². The van der Waals surface area contributed by atoms with E-state index in [-0.39, 0.29) is 5.78 Å². The number of benzene rings is 1. The van der Waals surface area contributed by atoms with Gasteiger partial charge in [-0.3, -0.25) is 4.79 Å². The maximum atomic E-state index is 12.6. The van der Waals surface area contributed by atoms with Crippen molar-refractivity contribution in [2.24, 2.45) is 0 Å². The number of morpholine rings is 1. The number of nitrogen functional groups attached to an aromatic ring is 1. The number of carbonyl (C=O) groups excluding carboxylic acids is 1. The van der Waals surface area contributed by atoms with E-state index < -0.39 is 6.10 Å². The number of rotatable bonds is 3. The molecule has 8 heteroatoms. The van der Waals surface area contributed by atoms with Crippen molar-refractivity contribution in [2.75, 3.05) is 25.4 Å². The monoisotopic (exact) mass is 326 g/mol. The first kappa shape index (κ1) is 14.9. The molecule has 1 aromatic carbocycles. The number of aromatic amines is 1. The van der Waals surface area contributed by atoms with Gasteiger partial charge in [0.05, 0.1) is 35.1 Å². The number of ether oxygens (including phenoxy) is 1. The first-order chi connectivity index (χ1) is 11.6. The minimum absolute atomic E-state index is 0.149. The number of nitrogens with zero attached hydrogens (tertiary/aromatic N) is 3. The molecule has 0 spiro atoms. The predicted molar refractivity (Wildman–Crippen MR) is 89.3 cm³/mol. The summed E-state index contributed by atoms with van der Waals surface area (Å²) in [4.78, 5) is 20.1. The molecule has 0 amide bonds. The summed E-state index contributed by atoms with van der Waals surface area (Å²) in [5.74, 6) is 1.00. The fourth-order valence-electron chi connectivity index (χ4n) is 2.92. The van der Waals surface area contributed by atoms with Gasteiger partial charge in [-0.1, -0.05) is 0 Å². The predicted octanol–water partition coefficient (Wildman–Crippen LogP) is 0.810. The van der Waals surface area contributed by atoms with Crippen LogP contribution in [0.2, 0.25) is 0 Å². The second-order valence-corrected chi connectivity index (χ2v) is 5.81. The molecule has 3 aromatic rings. The maximum absolute atomic E-state index is 12.6. The van der Waals surface area contributed by atoms with E-state index in [1.165, 1.54) is 6.20 Å². The van der Waals surface area contributed by atoms with Crippen LogP contribution in [0.1, 0.15) is 16.2 Å². The summed E-state index contributed by atoms with van der Waals surface area (Å²) in [5.41, 5.74) is 9.09. The third kappa shape index (κ3) is 2.45. The zero-order chi connectivity index (χ0) is 16.7. The van der Waals surface area contributed by atoms with Gasteiger partial charge in [0, 0.05) is 13.1 Å². The second kappa shape index (κ2) is 5.73. The number of nitrogens with two attached hydrogens (primary N) is 1. The Morgan fingerprint density at radius 1 is 1.46 bits per heavy atom. The quantitative estimate of drug-likeness (QED) is 0.614. The molecule has 1 unspecified atom stereocenters. The number of aryl methyl sites for hydroxylation is 1. The van der Waals surface area contributed by atoms with Crippen LogP contribution in [0.4, 0.5) is 5.82 Å². The molecule has 0 bridgehead atoms. The van der Waals surface area contributed by atoms with Crippen LogP contribution < -0.4 is 11.1 Å². The van der Waals surface area contributed by atoms with E-state index in [1.54, 1.807) is 4.68 Å². The van der Waals surface area contributed by atoms with E-state index in [1.807, 2.05) is 25.1 Å². The molecule has 24 heavy (non-hydrogen) atoms. The van der Waals surface area contributed by atoms with Crippen molar-refractivity contribution in [2.45, 2.75) is 13.0 Å². The molecule has 1 fully saturated rings. The number of imidazole rings is 1. The average molecular weight is 326 g/mol. The summed E-state index contributed by atoms with van der Waals surface area (Å²) < 4.78 is 7.06. The normalized spacial score (nSPS) is 18.1. The number of H-pyrrole nitrogens is 1. The van der Waals surface area contributed by atoms with Crippen LogP contribution in [0.3, 0.4) is 0 Å². The number of ketones is 1. The molecule has 4 rings (SSSR count). The molecule has 4 N–H and O–H groups in total. The highest BCUT2D eigenvalue weighted by molar-refractivity contribution is 6.03. The van der Waals surface area contributed by atoms with E-state index in [2.05, 4.69) is 20.4 Å². The Balaban J connectivity index is 1.68. The molecule has 124 valence electrons. The smallest absolute Gasteiger partial charge is 0.198 e. The van der Waals surface area contributed by atoms with Gasteiger partial charge in [-0.15, -0.1) is 0 Å². The van der Waals surface area contributed by atoms with Crippen LogP contribution in [0.15, 0.2) is 24.4 Å². The summed E-state index contributed by atoms with van der Waals surface area (Å²) in [6.07, 6.45) is 0.981. The molecular weight excluding hydrogens is 308 g/mol. The standard InChI is InChI=1S/C16H18N6O2/c1-9-20-12-3-2-10(6-13(12)21-9)22-16(17)11(7-19-22)15(23)14-8-18-4-5-24-14/h2-3,6-7,14,18H,4-5,8,17H2,1H3,(H,20,21). The van der Waals surface area contributed by atoms with Crippen LogP contribution in [-0.2, 0) is 4.74 Å².